The van der Waals surface area contributed by atoms with Crippen LogP contribution in [-0.4, -0.2) is 63.2 Å². The largest absolute Gasteiger partial charge is 3.00 e. The van der Waals surface area contributed by atoms with Crippen molar-refractivity contribution in [2.24, 2.45) is 17.8 Å². The Balaban J connectivity index is -0.000000146. The van der Waals surface area contributed by atoms with Gasteiger partial charge in [-0.1, -0.05) is 80.5 Å². The Morgan fingerprint density at radius 1 is 0.644 bits per heavy atom. The van der Waals surface area contributed by atoms with Crippen LogP contribution in [0.25, 0.3) is 0 Å². The Hall–Kier alpha value is -2.68. The zero-order valence-electron chi connectivity index (χ0n) is 37.4. The topological polar surface area (TPSA) is 166 Å². The third-order valence-electron chi connectivity index (χ3n) is 8.60. The molecule has 11 nitrogen and oxygen atoms in total. The van der Waals surface area contributed by atoms with E-state index in [9.17, 15) is 29.1 Å². The van der Waals surface area contributed by atoms with Crippen molar-refractivity contribution in [3.05, 3.63) is 129 Å². The van der Waals surface area contributed by atoms with E-state index in [4.69, 9.17) is 5.11 Å². The number of hydrogen-bond acceptors (Lipinski definition) is 11. The number of aliphatic hydroxyl groups excluding tert-OH is 1. The fraction of sp³-hybridized carbons (Fsp3) is 0.422. The molecule has 5 rings (SSSR count). The van der Waals surface area contributed by atoms with Gasteiger partial charge in [0.1, 0.15) is 5.78 Å². The molecule has 0 radical (unpaired) electrons. The van der Waals surface area contributed by atoms with E-state index < -0.39 is 11.9 Å². The van der Waals surface area contributed by atoms with Crippen molar-refractivity contribution < 1.29 is 129 Å². The molecule has 59 heavy (non-hydrogen) atoms. The second-order valence-electron chi connectivity index (χ2n) is 12.4. The van der Waals surface area contributed by atoms with Gasteiger partial charge in [-0.05, 0) is 76.5 Å². The molecule has 1 N–H and O–H groups in total. The zero-order chi connectivity index (χ0) is 39.8. The molecule has 0 aliphatic heterocycles. The van der Waals surface area contributed by atoms with Crippen LogP contribution in [0.5, 0.6) is 0 Å². The molecule has 5 aliphatic carbocycles. The van der Waals surface area contributed by atoms with Crippen LogP contribution in [0.4, 0.5) is 0 Å². The zero-order valence-corrected chi connectivity index (χ0v) is 42.4. The second-order valence-corrected chi connectivity index (χ2v) is 12.4. The van der Waals surface area contributed by atoms with Crippen molar-refractivity contribution in [1.29, 1.82) is 0 Å². The SMILES string of the molecule is C1=CCC/C=C\CC1.COC(=O)C1=CC=C/C1=C(\C)O.COC(=O)C1=CC=C/C1=C(\C)[O-].COC(=O)C1CCCC1.COC(=O)[C@H]1C=CCC1C(C)=O.[CH3-].[CH3-].[CH3-].[Co+3].[Na+].[Na+]. The summed E-state index contributed by atoms with van der Waals surface area (Å²) in [5, 5.41) is 20.1. The van der Waals surface area contributed by atoms with Gasteiger partial charge in [-0.3, -0.25) is 14.4 Å². The molecule has 0 aromatic heterocycles. The summed E-state index contributed by atoms with van der Waals surface area (Å²) >= 11 is 0. The van der Waals surface area contributed by atoms with E-state index in [0.717, 1.165) is 12.8 Å². The van der Waals surface area contributed by atoms with E-state index in [2.05, 4.69) is 43.3 Å². The molecule has 2 atom stereocenters. The number of carbonyl (C=O) groups excluding carboxylic acids is 5. The Labute approximate surface area is 409 Å². The molecular weight excluding hydrogens is 821 g/mol. The van der Waals surface area contributed by atoms with Gasteiger partial charge in [0.25, 0.3) is 0 Å². The minimum absolute atomic E-state index is 0. The van der Waals surface area contributed by atoms with Gasteiger partial charge in [-0.2, -0.15) is 0 Å². The van der Waals surface area contributed by atoms with Gasteiger partial charge in [0.2, 0.25) is 0 Å². The fourth-order valence-corrected chi connectivity index (χ4v) is 5.67. The summed E-state index contributed by atoms with van der Waals surface area (Å²) in [6.45, 7) is 4.46. The molecule has 1 unspecified atom stereocenters. The van der Waals surface area contributed by atoms with E-state index in [0.29, 0.717) is 28.7 Å². The molecule has 0 bridgehead atoms. The third kappa shape index (κ3) is 25.6. The second kappa shape index (κ2) is 39.5. The summed E-state index contributed by atoms with van der Waals surface area (Å²) in [5.41, 5.74) is 1.69. The molecule has 0 aromatic rings. The Morgan fingerprint density at radius 3 is 1.41 bits per heavy atom. The standard InChI is InChI=1S/C9H12O3.2C9H10O3.C8H12.C7H12O2.3CH3.Co.2Na/c3*1-6(10)7-4-3-5-8(7)9(11)12-2;1-2-4-6-8-7-5-3-1;1-9-7(8)6-4-2-3-5-6;;;;;;/h3,5,7-8H,4H2,1-2H3;2*3-5,10H,1-2H3;1-2,7-8H,3-6H2;6H,2-5H2,1H3;3*1H3;;;/q;;;;;3*-1;+3;2*+1/p-1/b;2*7-6-;2-1-,8-7?;;;;;;;/t7?,8-;;;;;;;;;;/m0........../s1. The number of Topliss-reactive ketones (excluding diaryl/α,β-unsaturated/α-hetero) is 1. The van der Waals surface area contributed by atoms with Gasteiger partial charge in [-0.25, -0.2) is 9.59 Å². The smallest absolute Gasteiger partial charge is 0.875 e. The number of carbonyl (C=O) groups is 5. The van der Waals surface area contributed by atoms with E-state index in [1.807, 2.05) is 6.08 Å². The maximum Gasteiger partial charge on any atom is 3.00 e. The Kier molecular flexibility index (Phi) is 45.5. The van der Waals surface area contributed by atoms with E-state index >= 15 is 0 Å². The van der Waals surface area contributed by atoms with Gasteiger partial charge >= 0.3 is 99.8 Å². The van der Waals surface area contributed by atoms with Crippen molar-refractivity contribution >= 4 is 29.7 Å². The molecule has 0 heterocycles. The molecule has 14 heteroatoms. The minimum Gasteiger partial charge on any atom is -0.875 e. The number of methoxy groups -OCH3 is 4. The van der Waals surface area contributed by atoms with Crippen molar-refractivity contribution in [2.75, 3.05) is 28.4 Å². The Bertz CT molecular complexity index is 1460. The van der Waals surface area contributed by atoms with Crippen LogP contribution in [-0.2, 0) is 59.7 Å². The van der Waals surface area contributed by atoms with E-state index in [-0.39, 0.29) is 145 Å². The average molecular weight is 886 g/mol. The first kappa shape index (κ1) is 68.1. The monoisotopic (exact) mass is 885 g/mol. The van der Waals surface area contributed by atoms with Gasteiger partial charge < -0.3 is 51.4 Å². The number of hydrogen-bond donors (Lipinski definition) is 1. The first-order chi connectivity index (χ1) is 25.3. The van der Waals surface area contributed by atoms with Crippen molar-refractivity contribution in [1.82, 2.24) is 0 Å². The predicted molar refractivity (Wildman–Crippen MR) is 220 cm³/mol. The molecule has 0 saturated heterocycles. The van der Waals surface area contributed by atoms with Crippen LogP contribution in [0.3, 0.4) is 0 Å². The number of esters is 4. The van der Waals surface area contributed by atoms with Crippen LogP contribution in [0.2, 0.25) is 0 Å². The maximum absolute atomic E-state index is 11.1. The molecule has 5 aliphatic rings. The summed E-state index contributed by atoms with van der Waals surface area (Å²) in [6.07, 6.45) is 32.5. The van der Waals surface area contributed by atoms with Gasteiger partial charge in [-0.15, -0.1) is 5.76 Å². The number of ketones is 1. The third-order valence-corrected chi connectivity index (χ3v) is 8.60. The van der Waals surface area contributed by atoms with Crippen LogP contribution >= 0.6 is 0 Å². The number of allylic oxidation sites excluding steroid dienone is 13. The van der Waals surface area contributed by atoms with Crippen LogP contribution < -0.4 is 64.2 Å². The summed E-state index contributed by atoms with van der Waals surface area (Å²) in [6, 6.07) is 0. The molecule has 0 spiro atoms. The van der Waals surface area contributed by atoms with E-state index in [1.165, 1.54) is 87.7 Å². The van der Waals surface area contributed by atoms with Gasteiger partial charge in [0.15, 0.2) is 0 Å². The molecule has 1 fully saturated rings. The first-order valence-electron chi connectivity index (χ1n) is 17.7. The van der Waals surface area contributed by atoms with Gasteiger partial charge in [0.05, 0.1) is 57.2 Å². The normalized spacial score (nSPS) is 19.6. The molecule has 0 aromatic carbocycles. The molecular formula is C45H64CoNa2O11+. The van der Waals surface area contributed by atoms with Crippen LogP contribution in [0.1, 0.15) is 78.6 Å². The quantitative estimate of drug-likeness (QED) is 0.107. The molecule has 0 amide bonds. The summed E-state index contributed by atoms with van der Waals surface area (Å²) < 4.78 is 18.2. The van der Waals surface area contributed by atoms with Crippen molar-refractivity contribution in [2.45, 2.75) is 78.6 Å². The van der Waals surface area contributed by atoms with Crippen LogP contribution in [0, 0.1) is 40.0 Å². The molecule has 1 saturated carbocycles. The Morgan fingerprint density at radius 2 is 1.05 bits per heavy atom. The first-order valence-corrected chi connectivity index (χ1v) is 17.7. The van der Waals surface area contributed by atoms with Gasteiger partial charge in [0, 0.05) is 11.5 Å². The van der Waals surface area contributed by atoms with Crippen LogP contribution in [0.15, 0.2) is 107 Å². The number of aliphatic hydroxyl groups is 1. The number of ether oxygens (including phenoxy) is 4. The molecule has 320 valence electrons. The predicted octanol–water partition coefficient (Wildman–Crippen LogP) is 2.10. The maximum atomic E-state index is 11.1. The fourth-order valence-electron chi connectivity index (χ4n) is 5.67. The minimum atomic E-state index is -0.467. The summed E-state index contributed by atoms with van der Waals surface area (Å²) in [7, 11) is 5.40. The number of rotatable bonds is 5. The van der Waals surface area contributed by atoms with Crippen molar-refractivity contribution in [3.8, 4) is 0 Å². The average Bonchev–Trinajstić information content (AvgIpc) is 3.98. The summed E-state index contributed by atoms with van der Waals surface area (Å²) in [5.74, 6) is -1.51. The van der Waals surface area contributed by atoms with Crippen molar-refractivity contribution in [3.63, 3.8) is 0 Å². The summed E-state index contributed by atoms with van der Waals surface area (Å²) in [4.78, 5) is 55.0. The van der Waals surface area contributed by atoms with E-state index in [1.54, 1.807) is 42.5 Å².